The van der Waals surface area contributed by atoms with Gasteiger partial charge >= 0.3 is 6.18 Å². The molecule has 1 aromatic rings. The molecule has 23 heavy (non-hydrogen) atoms. The van der Waals surface area contributed by atoms with E-state index in [0.29, 0.717) is 12.8 Å². The zero-order chi connectivity index (χ0) is 17.3. The van der Waals surface area contributed by atoms with E-state index in [-0.39, 0.29) is 24.7 Å². The first-order valence-electron chi connectivity index (χ1n) is 7.01. The standard InChI is InChI=1S/C14H17F3N2O3S/c1-23(21,22)18-10-6-8-19(9-7-10)13(20)11-4-2-3-5-12(11)14(15,16)17/h2-5,10,18H,6-9H2,1H3. The first-order valence-corrected chi connectivity index (χ1v) is 8.90. The van der Waals surface area contributed by atoms with Crippen LogP contribution >= 0.6 is 0 Å². The van der Waals surface area contributed by atoms with Crippen LogP contribution in [-0.2, 0) is 16.2 Å². The average molecular weight is 350 g/mol. The molecule has 1 aliphatic rings. The highest BCUT2D eigenvalue weighted by Crippen LogP contribution is 2.32. The van der Waals surface area contributed by atoms with Crippen LogP contribution in [0.15, 0.2) is 24.3 Å². The highest BCUT2D eigenvalue weighted by atomic mass is 32.2. The number of benzene rings is 1. The van der Waals surface area contributed by atoms with Crippen molar-refractivity contribution in [1.82, 2.24) is 9.62 Å². The van der Waals surface area contributed by atoms with E-state index in [1.807, 2.05) is 0 Å². The van der Waals surface area contributed by atoms with E-state index in [1.54, 1.807) is 0 Å². The summed E-state index contributed by atoms with van der Waals surface area (Å²) in [5, 5.41) is 0. The highest BCUT2D eigenvalue weighted by Gasteiger charge is 2.36. The molecule has 0 radical (unpaired) electrons. The van der Waals surface area contributed by atoms with Gasteiger partial charge in [-0.3, -0.25) is 4.79 Å². The second-order valence-corrected chi connectivity index (χ2v) is 7.28. The Morgan fingerprint density at radius 3 is 2.30 bits per heavy atom. The van der Waals surface area contributed by atoms with Gasteiger partial charge in [0.2, 0.25) is 10.0 Å². The molecule has 1 fully saturated rings. The number of nitrogens with zero attached hydrogens (tertiary/aromatic N) is 1. The lowest BCUT2D eigenvalue weighted by Gasteiger charge is -2.32. The number of rotatable bonds is 3. The predicted molar refractivity (Wildman–Crippen MR) is 78.3 cm³/mol. The maximum Gasteiger partial charge on any atom is 0.417 e. The van der Waals surface area contributed by atoms with Gasteiger partial charge in [-0.2, -0.15) is 13.2 Å². The van der Waals surface area contributed by atoms with Crippen molar-refractivity contribution in [3.63, 3.8) is 0 Å². The lowest BCUT2D eigenvalue weighted by Crippen LogP contribution is -2.46. The van der Waals surface area contributed by atoms with E-state index in [1.165, 1.54) is 17.0 Å². The minimum atomic E-state index is -4.59. The summed E-state index contributed by atoms with van der Waals surface area (Å²) >= 11 is 0. The Kier molecular flexibility index (Phi) is 5.00. The zero-order valence-electron chi connectivity index (χ0n) is 12.4. The summed E-state index contributed by atoms with van der Waals surface area (Å²) < 4.78 is 63.7. The van der Waals surface area contributed by atoms with Crippen molar-refractivity contribution in [3.05, 3.63) is 35.4 Å². The lowest BCUT2D eigenvalue weighted by molar-refractivity contribution is -0.138. The van der Waals surface area contributed by atoms with Crippen molar-refractivity contribution in [1.29, 1.82) is 0 Å². The van der Waals surface area contributed by atoms with Crippen LogP contribution in [0.3, 0.4) is 0 Å². The molecule has 128 valence electrons. The molecular formula is C14H17F3N2O3S. The average Bonchev–Trinajstić information content (AvgIpc) is 2.45. The normalized spacial score (nSPS) is 17.3. The van der Waals surface area contributed by atoms with E-state index in [4.69, 9.17) is 0 Å². The molecule has 0 aliphatic carbocycles. The molecule has 5 nitrogen and oxygen atoms in total. The molecule has 1 N–H and O–H groups in total. The number of sulfonamides is 1. The number of carbonyl (C=O) groups excluding carboxylic acids is 1. The smallest absolute Gasteiger partial charge is 0.339 e. The topological polar surface area (TPSA) is 66.5 Å². The summed E-state index contributed by atoms with van der Waals surface area (Å²) in [7, 11) is -3.34. The number of likely N-dealkylation sites (tertiary alicyclic amines) is 1. The van der Waals surface area contributed by atoms with Crippen molar-refractivity contribution >= 4 is 15.9 Å². The highest BCUT2D eigenvalue weighted by molar-refractivity contribution is 7.88. The molecule has 0 atom stereocenters. The molecule has 0 spiro atoms. The van der Waals surface area contributed by atoms with Gasteiger partial charge < -0.3 is 4.90 Å². The minimum absolute atomic E-state index is 0.207. The number of piperidine rings is 1. The molecule has 1 aromatic carbocycles. The van der Waals surface area contributed by atoms with E-state index in [0.717, 1.165) is 18.4 Å². The van der Waals surface area contributed by atoms with Gasteiger partial charge in [-0.15, -0.1) is 0 Å². The summed E-state index contributed by atoms with van der Waals surface area (Å²) in [5.41, 5.74) is -1.34. The number of halogens is 3. The summed E-state index contributed by atoms with van der Waals surface area (Å²) in [6.45, 7) is 0.413. The first-order chi connectivity index (χ1) is 10.6. The van der Waals surface area contributed by atoms with E-state index < -0.39 is 27.7 Å². The van der Waals surface area contributed by atoms with Gasteiger partial charge in [0.1, 0.15) is 0 Å². The Labute approximate surface area is 132 Å². The van der Waals surface area contributed by atoms with Gasteiger partial charge in [-0.1, -0.05) is 12.1 Å². The minimum Gasteiger partial charge on any atom is -0.339 e. The summed E-state index contributed by atoms with van der Waals surface area (Å²) in [6, 6.07) is 4.37. The largest absolute Gasteiger partial charge is 0.417 e. The Morgan fingerprint density at radius 1 is 1.22 bits per heavy atom. The predicted octanol–water partition coefficient (Wildman–Crippen LogP) is 1.86. The quantitative estimate of drug-likeness (QED) is 0.905. The Balaban J connectivity index is 2.09. The number of nitrogens with one attached hydrogen (secondary N) is 1. The molecule has 0 saturated carbocycles. The number of alkyl halides is 3. The molecule has 0 unspecified atom stereocenters. The molecule has 1 heterocycles. The van der Waals surface area contributed by atoms with Crippen molar-refractivity contribution in [2.75, 3.05) is 19.3 Å². The maximum absolute atomic E-state index is 13.0. The van der Waals surface area contributed by atoms with Gasteiger partial charge in [0.15, 0.2) is 0 Å². The molecule has 1 saturated heterocycles. The molecule has 1 aliphatic heterocycles. The second kappa shape index (κ2) is 6.48. The first kappa shape index (κ1) is 17.7. The van der Waals surface area contributed by atoms with Crippen LogP contribution in [-0.4, -0.2) is 44.6 Å². The van der Waals surface area contributed by atoms with Crippen molar-refractivity contribution in [2.24, 2.45) is 0 Å². The van der Waals surface area contributed by atoms with Crippen LogP contribution in [0.25, 0.3) is 0 Å². The molecule has 0 bridgehead atoms. The van der Waals surface area contributed by atoms with Gasteiger partial charge in [0, 0.05) is 19.1 Å². The van der Waals surface area contributed by atoms with E-state index in [2.05, 4.69) is 4.72 Å². The SMILES string of the molecule is CS(=O)(=O)NC1CCN(C(=O)c2ccccc2C(F)(F)F)CC1. The zero-order valence-corrected chi connectivity index (χ0v) is 13.2. The fourth-order valence-electron chi connectivity index (χ4n) is 2.59. The third-order valence-corrected chi connectivity index (χ3v) is 4.39. The lowest BCUT2D eigenvalue weighted by atomic mass is 10.0. The maximum atomic E-state index is 13.0. The fourth-order valence-corrected chi connectivity index (χ4v) is 3.43. The van der Waals surface area contributed by atoms with E-state index in [9.17, 15) is 26.4 Å². The van der Waals surface area contributed by atoms with E-state index >= 15 is 0 Å². The van der Waals surface area contributed by atoms with Crippen LogP contribution < -0.4 is 4.72 Å². The van der Waals surface area contributed by atoms with Crippen LogP contribution in [0.5, 0.6) is 0 Å². The molecule has 9 heteroatoms. The third kappa shape index (κ3) is 4.68. The summed E-state index contributed by atoms with van der Waals surface area (Å²) in [5.74, 6) is -0.685. The van der Waals surface area contributed by atoms with Crippen LogP contribution in [0.4, 0.5) is 13.2 Å². The van der Waals surface area contributed by atoms with Gasteiger partial charge in [-0.25, -0.2) is 13.1 Å². The summed E-state index contributed by atoms with van der Waals surface area (Å²) in [4.78, 5) is 13.7. The van der Waals surface area contributed by atoms with Crippen molar-refractivity contribution in [3.8, 4) is 0 Å². The molecule has 0 aromatic heterocycles. The Bertz CT molecular complexity index is 681. The number of hydrogen-bond donors (Lipinski definition) is 1. The van der Waals surface area contributed by atoms with Gasteiger partial charge in [0.25, 0.3) is 5.91 Å². The number of hydrogen-bond acceptors (Lipinski definition) is 3. The van der Waals surface area contributed by atoms with Crippen molar-refractivity contribution in [2.45, 2.75) is 25.1 Å². The Morgan fingerprint density at radius 2 is 1.78 bits per heavy atom. The Hall–Kier alpha value is -1.61. The number of carbonyl (C=O) groups is 1. The van der Waals surface area contributed by atoms with Crippen LogP contribution in [0, 0.1) is 0 Å². The van der Waals surface area contributed by atoms with Gasteiger partial charge in [-0.05, 0) is 25.0 Å². The monoisotopic (exact) mass is 350 g/mol. The molecule has 1 amide bonds. The van der Waals surface area contributed by atoms with Gasteiger partial charge in [0.05, 0.1) is 17.4 Å². The second-order valence-electron chi connectivity index (χ2n) is 5.50. The van der Waals surface area contributed by atoms with Crippen LogP contribution in [0.1, 0.15) is 28.8 Å². The van der Waals surface area contributed by atoms with Crippen molar-refractivity contribution < 1.29 is 26.4 Å². The number of amides is 1. The molecule has 2 rings (SSSR count). The third-order valence-electron chi connectivity index (χ3n) is 3.63. The fraction of sp³-hybridized carbons (Fsp3) is 0.500. The molecular weight excluding hydrogens is 333 g/mol. The van der Waals surface area contributed by atoms with Crippen LogP contribution in [0.2, 0.25) is 0 Å². The summed E-state index contributed by atoms with van der Waals surface area (Å²) in [6.07, 6.45) is -2.81.